The number of nitrogens with zero attached hydrogens (tertiary/aromatic N) is 1. The third-order valence-corrected chi connectivity index (χ3v) is 3.81. The zero-order valence-electron chi connectivity index (χ0n) is 14.4. The van der Waals surface area contributed by atoms with Crippen LogP contribution < -0.4 is 5.32 Å². The number of amides is 1. The van der Waals surface area contributed by atoms with Gasteiger partial charge in [-0.1, -0.05) is 12.1 Å². The molecule has 0 radical (unpaired) electrons. The summed E-state index contributed by atoms with van der Waals surface area (Å²) in [6.07, 6.45) is 0. The van der Waals surface area contributed by atoms with E-state index < -0.39 is 17.7 Å². The molecule has 0 fully saturated rings. The van der Waals surface area contributed by atoms with E-state index in [-0.39, 0.29) is 12.2 Å². The van der Waals surface area contributed by atoms with Gasteiger partial charge in [-0.25, -0.2) is 9.18 Å². The molecule has 1 aromatic heterocycles. The number of hydrogen-bond donors (Lipinski definition) is 1. The Morgan fingerprint density at radius 1 is 1.15 bits per heavy atom. The summed E-state index contributed by atoms with van der Waals surface area (Å²) in [5, 5.41) is 3.28. The maximum atomic E-state index is 13.9. The lowest BCUT2D eigenvalue weighted by Gasteiger charge is -2.11. The van der Waals surface area contributed by atoms with Crippen molar-refractivity contribution in [3.63, 3.8) is 0 Å². The largest absolute Gasteiger partial charge is 0.462 e. The highest BCUT2D eigenvalue weighted by Gasteiger charge is 2.15. The number of rotatable bonds is 4. The molecule has 0 aliphatic heterocycles. The van der Waals surface area contributed by atoms with Crippen LogP contribution in [0.2, 0.25) is 0 Å². The van der Waals surface area contributed by atoms with Crippen molar-refractivity contribution < 1.29 is 18.7 Å². The predicted molar refractivity (Wildman–Crippen MR) is 96.8 cm³/mol. The molecule has 0 aliphatic rings. The molecule has 0 bridgehead atoms. The molecule has 2 aromatic carbocycles. The molecule has 5 nitrogen and oxygen atoms in total. The molecule has 3 aromatic rings. The third-order valence-electron chi connectivity index (χ3n) is 3.81. The monoisotopic (exact) mass is 352 g/mol. The minimum atomic E-state index is -0.604. The van der Waals surface area contributed by atoms with Gasteiger partial charge in [-0.2, -0.15) is 0 Å². The van der Waals surface area contributed by atoms with E-state index in [1.54, 1.807) is 44.2 Å². The SMILES string of the molecule is CCOC(=O)c1ccc2nc(C)cc(NC(=O)c3ccccc3F)c2c1. The van der Waals surface area contributed by atoms with E-state index in [2.05, 4.69) is 10.3 Å². The van der Waals surface area contributed by atoms with Gasteiger partial charge in [0.05, 0.1) is 28.9 Å². The first-order valence-corrected chi connectivity index (χ1v) is 8.14. The van der Waals surface area contributed by atoms with Crippen molar-refractivity contribution >= 4 is 28.5 Å². The van der Waals surface area contributed by atoms with Gasteiger partial charge in [-0.05, 0) is 50.2 Å². The van der Waals surface area contributed by atoms with Gasteiger partial charge in [0.15, 0.2) is 0 Å². The maximum absolute atomic E-state index is 13.9. The van der Waals surface area contributed by atoms with Crippen LogP contribution in [-0.4, -0.2) is 23.5 Å². The second kappa shape index (κ2) is 7.31. The van der Waals surface area contributed by atoms with Crippen LogP contribution >= 0.6 is 0 Å². The summed E-state index contributed by atoms with van der Waals surface area (Å²) in [5.41, 5.74) is 2.04. The summed E-state index contributed by atoms with van der Waals surface area (Å²) in [7, 11) is 0. The molecule has 132 valence electrons. The molecule has 1 N–H and O–H groups in total. The van der Waals surface area contributed by atoms with Crippen molar-refractivity contribution in [2.45, 2.75) is 13.8 Å². The number of hydrogen-bond acceptors (Lipinski definition) is 4. The first kappa shape index (κ1) is 17.5. The molecule has 3 rings (SSSR count). The molecule has 6 heteroatoms. The topological polar surface area (TPSA) is 68.3 Å². The average Bonchev–Trinajstić information content (AvgIpc) is 2.61. The van der Waals surface area contributed by atoms with E-state index in [9.17, 15) is 14.0 Å². The molecule has 0 aliphatic carbocycles. The first-order chi connectivity index (χ1) is 12.5. The van der Waals surface area contributed by atoms with Gasteiger partial charge in [0.2, 0.25) is 0 Å². The Hall–Kier alpha value is -3.28. The fourth-order valence-corrected chi connectivity index (χ4v) is 2.64. The number of ether oxygens (including phenoxy) is 1. The van der Waals surface area contributed by atoms with Gasteiger partial charge >= 0.3 is 5.97 Å². The van der Waals surface area contributed by atoms with E-state index in [4.69, 9.17) is 4.74 Å². The van der Waals surface area contributed by atoms with E-state index in [0.29, 0.717) is 27.8 Å². The van der Waals surface area contributed by atoms with Crippen LogP contribution in [0.3, 0.4) is 0 Å². The molecule has 1 amide bonds. The standard InChI is InChI=1S/C20H17FN2O3/c1-3-26-20(25)13-8-9-17-15(11-13)18(10-12(2)22-17)23-19(24)14-6-4-5-7-16(14)21/h4-11H,3H2,1-2H3,(H,22,23,24). The smallest absolute Gasteiger partial charge is 0.338 e. The fraction of sp³-hybridized carbons (Fsp3) is 0.150. The lowest BCUT2D eigenvalue weighted by atomic mass is 10.1. The van der Waals surface area contributed by atoms with Crippen molar-refractivity contribution in [3.8, 4) is 0 Å². The Morgan fingerprint density at radius 2 is 1.92 bits per heavy atom. The number of aryl methyl sites for hydroxylation is 1. The summed E-state index contributed by atoms with van der Waals surface area (Å²) < 4.78 is 18.9. The van der Waals surface area contributed by atoms with Gasteiger partial charge in [-0.3, -0.25) is 9.78 Å². The van der Waals surface area contributed by atoms with E-state index in [0.717, 1.165) is 0 Å². The number of esters is 1. The number of benzene rings is 2. The molecule has 1 heterocycles. The number of nitrogens with one attached hydrogen (secondary N) is 1. The molecule has 0 saturated carbocycles. The highest BCUT2D eigenvalue weighted by Crippen LogP contribution is 2.25. The van der Waals surface area contributed by atoms with Crippen LogP contribution in [0, 0.1) is 12.7 Å². The maximum Gasteiger partial charge on any atom is 0.338 e. The number of aromatic nitrogens is 1. The van der Waals surface area contributed by atoms with Crippen molar-refractivity contribution in [1.82, 2.24) is 4.98 Å². The number of fused-ring (bicyclic) bond motifs is 1. The van der Waals surface area contributed by atoms with Crippen molar-refractivity contribution in [2.75, 3.05) is 11.9 Å². The van der Waals surface area contributed by atoms with E-state index in [1.165, 1.54) is 18.2 Å². The minimum absolute atomic E-state index is 0.0586. The van der Waals surface area contributed by atoms with Gasteiger partial charge in [0, 0.05) is 11.1 Å². The predicted octanol–water partition coefficient (Wildman–Crippen LogP) is 4.11. The van der Waals surface area contributed by atoms with Gasteiger partial charge in [0.25, 0.3) is 5.91 Å². The van der Waals surface area contributed by atoms with Crippen molar-refractivity contribution in [2.24, 2.45) is 0 Å². The highest BCUT2D eigenvalue weighted by molar-refractivity contribution is 6.09. The number of carbonyl (C=O) groups is 2. The Kier molecular flexibility index (Phi) is 4.93. The zero-order valence-corrected chi connectivity index (χ0v) is 14.4. The summed E-state index contributed by atoms with van der Waals surface area (Å²) >= 11 is 0. The second-order valence-electron chi connectivity index (χ2n) is 5.70. The Morgan fingerprint density at radius 3 is 2.65 bits per heavy atom. The van der Waals surface area contributed by atoms with Crippen LogP contribution in [0.25, 0.3) is 10.9 Å². The van der Waals surface area contributed by atoms with Crippen LogP contribution in [0.4, 0.5) is 10.1 Å². The fourth-order valence-electron chi connectivity index (χ4n) is 2.64. The number of pyridine rings is 1. The molecule has 0 spiro atoms. The Bertz CT molecular complexity index is 1000. The third kappa shape index (κ3) is 3.54. The number of carbonyl (C=O) groups excluding carboxylic acids is 2. The summed E-state index contributed by atoms with van der Waals surface area (Å²) in [6.45, 7) is 3.78. The Labute approximate surface area is 149 Å². The van der Waals surface area contributed by atoms with Crippen LogP contribution in [0.5, 0.6) is 0 Å². The minimum Gasteiger partial charge on any atom is -0.462 e. The van der Waals surface area contributed by atoms with Crippen LogP contribution in [0.15, 0.2) is 48.5 Å². The highest BCUT2D eigenvalue weighted by atomic mass is 19.1. The van der Waals surface area contributed by atoms with Gasteiger partial charge in [-0.15, -0.1) is 0 Å². The van der Waals surface area contributed by atoms with E-state index in [1.807, 2.05) is 0 Å². The summed E-state index contributed by atoms with van der Waals surface area (Å²) in [6, 6.07) is 12.3. The summed E-state index contributed by atoms with van der Waals surface area (Å²) in [4.78, 5) is 28.8. The number of anilines is 1. The normalized spacial score (nSPS) is 10.6. The molecular formula is C20H17FN2O3. The average molecular weight is 352 g/mol. The van der Waals surface area contributed by atoms with Gasteiger partial charge < -0.3 is 10.1 Å². The first-order valence-electron chi connectivity index (χ1n) is 8.14. The zero-order chi connectivity index (χ0) is 18.7. The lowest BCUT2D eigenvalue weighted by Crippen LogP contribution is -2.14. The second-order valence-corrected chi connectivity index (χ2v) is 5.70. The number of halogens is 1. The van der Waals surface area contributed by atoms with Crippen molar-refractivity contribution in [1.29, 1.82) is 0 Å². The Balaban J connectivity index is 2.03. The van der Waals surface area contributed by atoms with Crippen LogP contribution in [-0.2, 0) is 4.74 Å². The molecular weight excluding hydrogens is 335 g/mol. The molecule has 0 unspecified atom stereocenters. The van der Waals surface area contributed by atoms with Crippen molar-refractivity contribution in [3.05, 3.63) is 71.2 Å². The molecule has 0 atom stereocenters. The van der Waals surface area contributed by atoms with Crippen LogP contribution in [0.1, 0.15) is 33.3 Å². The quantitative estimate of drug-likeness (QED) is 0.718. The lowest BCUT2D eigenvalue weighted by molar-refractivity contribution is 0.0526. The summed E-state index contributed by atoms with van der Waals surface area (Å²) in [5.74, 6) is -1.63. The van der Waals surface area contributed by atoms with E-state index >= 15 is 0 Å². The van der Waals surface area contributed by atoms with Gasteiger partial charge in [0.1, 0.15) is 5.82 Å². The molecule has 26 heavy (non-hydrogen) atoms. The molecule has 0 saturated heterocycles.